The number of amides is 2. The Hall–Kier alpha value is -3.18. The number of carbonyl (C=O) groups is 2. The maximum Gasteiger partial charge on any atom is 0.258 e. The van der Waals surface area contributed by atoms with Crippen LogP contribution >= 0.6 is 11.6 Å². The summed E-state index contributed by atoms with van der Waals surface area (Å²) in [5, 5.41) is 3.52. The van der Waals surface area contributed by atoms with Crippen molar-refractivity contribution in [3.8, 4) is 0 Å². The molecule has 3 aromatic rings. The van der Waals surface area contributed by atoms with Crippen LogP contribution in [0.2, 0.25) is 5.02 Å². The highest BCUT2D eigenvalue weighted by atomic mass is 35.5. The van der Waals surface area contributed by atoms with Crippen LogP contribution in [0.3, 0.4) is 0 Å². The molecule has 3 aromatic carbocycles. The summed E-state index contributed by atoms with van der Waals surface area (Å²) in [5.41, 5.74) is 2.69. The zero-order valence-electron chi connectivity index (χ0n) is 16.9. The summed E-state index contributed by atoms with van der Waals surface area (Å²) in [7, 11) is 0. The molecule has 0 unspecified atom stereocenters. The quantitative estimate of drug-likeness (QED) is 0.557. The predicted octanol–water partition coefficient (Wildman–Crippen LogP) is 5.15. The van der Waals surface area contributed by atoms with Crippen LogP contribution in [-0.2, 0) is 17.8 Å². The molecule has 4 nitrogen and oxygen atoms in total. The number of carbonyl (C=O) groups excluding carboxylic acids is 2. The Balaban J connectivity index is 1.57. The third kappa shape index (κ3) is 5.70. The van der Waals surface area contributed by atoms with Crippen molar-refractivity contribution in [2.75, 3.05) is 4.90 Å². The number of halogens is 2. The molecule has 0 bridgehead atoms. The first-order valence-corrected chi connectivity index (χ1v) is 10.6. The minimum atomic E-state index is -0.353. The summed E-state index contributed by atoms with van der Waals surface area (Å²) in [5.74, 6) is -0.572. The van der Waals surface area contributed by atoms with Crippen molar-refractivity contribution in [3.63, 3.8) is 0 Å². The molecule has 1 N–H and O–H groups in total. The lowest BCUT2D eigenvalue weighted by Crippen LogP contribution is -2.30. The van der Waals surface area contributed by atoms with Crippen LogP contribution in [0.1, 0.15) is 34.3 Å². The third-order valence-corrected chi connectivity index (χ3v) is 5.37. The summed E-state index contributed by atoms with van der Waals surface area (Å²) in [4.78, 5) is 26.9. The first-order chi connectivity index (χ1) is 15.0. The molecule has 6 heteroatoms. The van der Waals surface area contributed by atoms with E-state index in [4.69, 9.17) is 11.6 Å². The molecule has 158 valence electrons. The van der Waals surface area contributed by atoms with Gasteiger partial charge in [-0.2, -0.15) is 0 Å². The highest BCUT2D eigenvalue weighted by Gasteiger charge is 2.23. The number of anilines is 1. The third-order valence-electron chi connectivity index (χ3n) is 5.12. The molecule has 0 aromatic heterocycles. The van der Waals surface area contributed by atoms with Crippen LogP contribution < -0.4 is 10.2 Å². The molecular formula is C25H22ClFN2O2. The topological polar surface area (TPSA) is 49.4 Å². The minimum absolute atomic E-state index is 0.00380. The van der Waals surface area contributed by atoms with Gasteiger partial charge in [-0.25, -0.2) is 4.39 Å². The fourth-order valence-corrected chi connectivity index (χ4v) is 3.46. The SMILES string of the molecule is O=C(Cc1ccc(N(Cc2cccc(F)c2)C(=O)c2ccc(Cl)cc2)cc1)NC1CC1. The first-order valence-electron chi connectivity index (χ1n) is 10.2. The average Bonchev–Trinajstić information content (AvgIpc) is 3.57. The van der Waals surface area contributed by atoms with Crippen molar-refractivity contribution >= 4 is 29.1 Å². The van der Waals surface area contributed by atoms with Crippen LogP contribution in [0.25, 0.3) is 0 Å². The zero-order valence-corrected chi connectivity index (χ0v) is 17.6. The standard InChI is InChI=1S/C25H22ClFN2O2/c26-20-8-6-19(7-9-20)25(31)29(16-18-2-1-3-21(27)14-18)23-12-4-17(5-13-23)15-24(30)28-22-10-11-22/h1-9,12-14,22H,10-11,15-16H2,(H,28,30). The van der Waals surface area contributed by atoms with Gasteiger partial charge < -0.3 is 10.2 Å². The number of nitrogens with one attached hydrogen (secondary N) is 1. The van der Waals surface area contributed by atoms with Gasteiger partial charge in [-0.3, -0.25) is 9.59 Å². The van der Waals surface area contributed by atoms with Gasteiger partial charge in [0.25, 0.3) is 5.91 Å². The molecule has 0 radical (unpaired) electrons. The number of benzene rings is 3. The van der Waals surface area contributed by atoms with Gasteiger partial charge >= 0.3 is 0 Å². The van der Waals surface area contributed by atoms with E-state index in [9.17, 15) is 14.0 Å². The molecule has 0 heterocycles. The summed E-state index contributed by atoms with van der Waals surface area (Å²) in [6.07, 6.45) is 2.39. The Morgan fingerprint density at radius 3 is 2.32 bits per heavy atom. The van der Waals surface area contributed by atoms with Crippen LogP contribution in [-0.4, -0.2) is 17.9 Å². The Labute approximate surface area is 185 Å². The Bertz CT molecular complexity index is 1080. The summed E-state index contributed by atoms with van der Waals surface area (Å²) in [6, 6.07) is 20.5. The van der Waals surface area contributed by atoms with E-state index in [-0.39, 0.29) is 24.2 Å². The van der Waals surface area contributed by atoms with Crippen molar-refractivity contribution in [1.82, 2.24) is 5.32 Å². The van der Waals surface area contributed by atoms with E-state index in [1.165, 1.54) is 12.1 Å². The summed E-state index contributed by atoms with van der Waals surface area (Å²) < 4.78 is 13.7. The van der Waals surface area contributed by atoms with Gasteiger partial charge in [-0.05, 0) is 72.5 Å². The van der Waals surface area contributed by atoms with Crippen molar-refractivity contribution in [1.29, 1.82) is 0 Å². The van der Waals surface area contributed by atoms with Gasteiger partial charge in [0.2, 0.25) is 5.91 Å². The van der Waals surface area contributed by atoms with Gasteiger partial charge in [0, 0.05) is 22.3 Å². The Kier molecular flexibility index (Phi) is 6.33. The fourth-order valence-electron chi connectivity index (χ4n) is 3.33. The maximum absolute atomic E-state index is 13.7. The Morgan fingerprint density at radius 2 is 1.68 bits per heavy atom. The van der Waals surface area contributed by atoms with E-state index in [2.05, 4.69) is 5.32 Å². The van der Waals surface area contributed by atoms with E-state index in [0.717, 1.165) is 18.4 Å². The van der Waals surface area contributed by atoms with E-state index in [1.807, 2.05) is 24.3 Å². The van der Waals surface area contributed by atoms with E-state index in [0.29, 0.717) is 34.3 Å². The second-order valence-electron chi connectivity index (χ2n) is 7.71. The van der Waals surface area contributed by atoms with Gasteiger partial charge in [-0.15, -0.1) is 0 Å². The molecule has 1 aliphatic rings. The molecule has 0 atom stereocenters. The lowest BCUT2D eigenvalue weighted by atomic mass is 10.1. The lowest BCUT2D eigenvalue weighted by Gasteiger charge is -2.23. The highest BCUT2D eigenvalue weighted by Crippen LogP contribution is 2.23. The van der Waals surface area contributed by atoms with E-state index < -0.39 is 0 Å². The van der Waals surface area contributed by atoms with Gasteiger partial charge in [0.1, 0.15) is 5.82 Å². The molecule has 0 spiro atoms. The summed E-state index contributed by atoms with van der Waals surface area (Å²) >= 11 is 5.96. The van der Waals surface area contributed by atoms with Crippen molar-refractivity contribution in [3.05, 3.63) is 100 Å². The van der Waals surface area contributed by atoms with Crippen molar-refractivity contribution in [2.45, 2.75) is 31.8 Å². The van der Waals surface area contributed by atoms with Crippen LogP contribution in [0.5, 0.6) is 0 Å². The molecule has 31 heavy (non-hydrogen) atoms. The number of hydrogen-bond acceptors (Lipinski definition) is 2. The molecule has 4 rings (SSSR count). The predicted molar refractivity (Wildman–Crippen MR) is 120 cm³/mol. The van der Waals surface area contributed by atoms with Crippen LogP contribution in [0, 0.1) is 5.82 Å². The monoisotopic (exact) mass is 436 g/mol. The van der Waals surface area contributed by atoms with Crippen molar-refractivity contribution < 1.29 is 14.0 Å². The normalized spacial score (nSPS) is 13.0. The first kappa shape index (κ1) is 21.1. The Morgan fingerprint density at radius 1 is 0.968 bits per heavy atom. The lowest BCUT2D eigenvalue weighted by molar-refractivity contribution is -0.120. The zero-order chi connectivity index (χ0) is 21.8. The molecule has 1 fully saturated rings. The molecule has 1 aliphatic carbocycles. The maximum atomic E-state index is 13.7. The van der Waals surface area contributed by atoms with E-state index in [1.54, 1.807) is 41.3 Å². The number of hydrogen-bond donors (Lipinski definition) is 1. The average molecular weight is 437 g/mol. The molecule has 2 amide bonds. The molecule has 0 aliphatic heterocycles. The van der Waals surface area contributed by atoms with Gasteiger partial charge in [0.15, 0.2) is 0 Å². The minimum Gasteiger partial charge on any atom is -0.353 e. The van der Waals surface area contributed by atoms with Crippen LogP contribution in [0.15, 0.2) is 72.8 Å². The largest absolute Gasteiger partial charge is 0.353 e. The molecular weight excluding hydrogens is 415 g/mol. The highest BCUT2D eigenvalue weighted by molar-refractivity contribution is 6.30. The smallest absolute Gasteiger partial charge is 0.258 e. The number of rotatable bonds is 7. The second kappa shape index (κ2) is 9.31. The number of nitrogens with zero attached hydrogens (tertiary/aromatic N) is 1. The fraction of sp³-hybridized carbons (Fsp3) is 0.200. The van der Waals surface area contributed by atoms with Crippen LogP contribution in [0.4, 0.5) is 10.1 Å². The molecule has 0 saturated heterocycles. The van der Waals surface area contributed by atoms with Gasteiger partial charge in [-0.1, -0.05) is 35.9 Å². The second-order valence-corrected chi connectivity index (χ2v) is 8.15. The molecule has 1 saturated carbocycles. The van der Waals surface area contributed by atoms with Crippen molar-refractivity contribution in [2.24, 2.45) is 0 Å². The van der Waals surface area contributed by atoms with Gasteiger partial charge in [0.05, 0.1) is 13.0 Å². The summed E-state index contributed by atoms with van der Waals surface area (Å²) in [6.45, 7) is 0.209. The van der Waals surface area contributed by atoms with E-state index >= 15 is 0 Å².